The van der Waals surface area contributed by atoms with Crippen molar-refractivity contribution in [3.63, 3.8) is 0 Å². The van der Waals surface area contributed by atoms with Gasteiger partial charge >= 0.3 is 6.36 Å². The Bertz CT molecular complexity index is 1100. The fourth-order valence-electron chi connectivity index (χ4n) is 2.93. The number of rotatable bonds is 6. The highest BCUT2D eigenvalue weighted by Crippen LogP contribution is 2.28. The molecule has 7 nitrogen and oxygen atoms in total. The van der Waals surface area contributed by atoms with Crippen LogP contribution in [0.5, 0.6) is 11.5 Å². The molecule has 0 bridgehead atoms. The van der Waals surface area contributed by atoms with Crippen molar-refractivity contribution < 1.29 is 27.4 Å². The van der Waals surface area contributed by atoms with E-state index in [1.807, 2.05) is 31.6 Å². The van der Waals surface area contributed by atoms with Gasteiger partial charge in [-0.25, -0.2) is 0 Å². The Balaban J connectivity index is 1.75. The molecule has 32 heavy (non-hydrogen) atoms. The number of halogens is 3. The minimum atomic E-state index is -4.82. The first-order chi connectivity index (χ1) is 15.0. The number of pyridine rings is 1. The van der Waals surface area contributed by atoms with Gasteiger partial charge in [-0.15, -0.1) is 13.2 Å². The standard InChI is InChI=1S/C22H23F3N4O3/c1-21(2,3)29-13-16(12-28-29)14-7-8-26-18(10-14)20(30)27-11-15-9-17(32-22(23,24)25)5-6-19(15)31-4/h5-10,12-13H,11H2,1-4H3,(H,27,30). The van der Waals surface area contributed by atoms with Crippen LogP contribution in [0.4, 0.5) is 13.2 Å². The Kier molecular flexibility index (Phi) is 6.42. The van der Waals surface area contributed by atoms with E-state index >= 15 is 0 Å². The second-order valence-electron chi connectivity index (χ2n) is 7.98. The number of methoxy groups -OCH3 is 1. The van der Waals surface area contributed by atoms with Crippen LogP contribution in [-0.2, 0) is 12.1 Å². The number of nitrogens with one attached hydrogen (secondary N) is 1. The molecule has 1 amide bonds. The van der Waals surface area contributed by atoms with Crippen LogP contribution in [0, 0.1) is 0 Å². The average molecular weight is 448 g/mol. The van der Waals surface area contributed by atoms with E-state index in [1.54, 1.807) is 18.3 Å². The number of nitrogens with zero attached hydrogens (tertiary/aromatic N) is 3. The molecule has 2 aromatic heterocycles. The van der Waals surface area contributed by atoms with Crippen LogP contribution in [0.15, 0.2) is 48.9 Å². The zero-order valence-electron chi connectivity index (χ0n) is 18.0. The van der Waals surface area contributed by atoms with Crippen molar-refractivity contribution in [3.8, 4) is 22.6 Å². The van der Waals surface area contributed by atoms with Gasteiger partial charge in [0.25, 0.3) is 5.91 Å². The lowest BCUT2D eigenvalue weighted by Crippen LogP contribution is -2.24. The topological polar surface area (TPSA) is 78.3 Å². The summed E-state index contributed by atoms with van der Waals surface area (Å²) in [6.45, 7) is 6.00. The van der Waals surface area contributed by atoms with Gasteiger partial charge in [0.15, 0.2) is 0 Å². The zero-order chi connectivity index (χ0) is 23.5. The lowest BCUT2D eigenvalue weighted by molar-refractivity contribution is -0.274. The number of hydrogen-bond donors (Lipinski definition) is 1. The molecule has 0 unspecified atom stereocenters. The van der Waals surface area contributed by atoms with Gasteiger partial charge in [0, 0.05) is 30.1 Å². The first-order valence-corrected chi connectivity index (χ1v) is 9.69. The van der Waals surface area contributed by atoms with E-state index in [4.69, 9.17) is 4.74 Å². The van der Waals surface area contributed by atoms with Gasteiger partial charge in [-0.1, -0.05) is 0 Å². The summed E-state index contributed by atoms with van der Waals surface area (Å²) in [5.74, 6) is -0.575. The average Bonchev–Trinajstić information content (AvgIpc) is 3.22. The van der Waals surface area contributed by atoms with E-state index in [1.165, 1.54) is 19.4 Å². The van der Waals surface area contributed by atoms with Gasteiger partial charge in [0.05, 0.1) is 18.8 Å². The van der Waals surface area contributed by atoms with Crippen LogP contribution in [-0.4, -0.2) is 34.1 Å². The number of alkyl halides is 3. The van der Waals surface area contributed by atoms with Gasteiger partial charge in [-0.05, 0) is 56.7 Å². The lowest BCUT2D eigenvalue weighted by atomic mass is 10.1. The highest BCUT2D eigenvalue weighted by Gasteiger charge is 2.31. The zero-order valence-corrected chi connectivity index (χ0v) is 18.0. The third kappa shape index (κ3) is 5.77. The largest absolute Gasteiger partial charge is 0.573 e. The maximum Gasteiger partial charge on any atom is 0.573 e. The molecular formula is C22H23F3N4O3. The predicted octanol–water partition coefficient (Wildman–Crippen LogP) is 4.54. The number of carbonyl (C=O) groups excluding carboxylic acids is 1. The Morgan fingerprint density at radius 1 is 1.12 bits per heavy atom. The van der Waals surface area contributed by atoms with Crippen LogP contribution in [0.2, 0.25) is 0 Å². The molecule has 0 aliphatic carbocycles. The highest BCUT2D eigenvalue weighted by atomic mass is 19.4. The van der Waals surface area contributed by atoms with E-state index in [-0.39, 0.29) is 17.8 Å². The fraction of sp³-hybridized carbons (Fsp3) is 0.318. The molecule has 170 valence electrons. The number of ether oxygens (including phenoxy) is 2. The second kappa shape index (κ2) is 8.89. The molecule has 1 N–H and O–H groups in total. The van der Waals surface area contributed by atoms with Crippen LogP contribution >= 0.6 is 0 Å². The van der Waals surface area contributed by atoms with E-state index in [0.29, 0.717) is 11.3 Å². The Labute approximate surface area is 183 Å². The van der Waals surface area contributed by atoms with E-state index in [2.05, 4.69) is 20.1 Å². The lowest BCUT2D eigenvalue weighted by Gasteiger charge is -2.18. The molecule has 3 rings (SSSR count). The molecule has 0 aliphatic rings. The number of aromatic nitrogens is 3. The maximum atomic E-state index is 12.6. The van der Waals surface area contributed by atoms with E-state index < -0.39 is 18.0 Å². The monoisotopic (exact) mass is 448 g/mol. The molecule has 0 saturated carbocycles. The number of amides is 1. The fourth-order valence-corrected chi connectivity index (χ4v) is 2.93. The third-order valence-corrected chi connectivity index (χ3v) is 4.52. The molecule has 0 spiro atoms. The second-order valence-corrected chi connectivity index (χ2v) is 7.98. The predicted molar refractivity (Wildman–Crippen MR) is 111 cm³/mol. The molecule has 0 saturated heterocycles. The minimum absolute atomic E-state index is 0.0784. The minimum Gasteiger partial charge on any atom is -0.496 e. The van der Waals surface area contributed by atoms with Gasteiger partial charge in [-0.3, -0.25) is 14.5 Å². The van der Waals surface area contributed by atoms with Crippen molar-refractivity contribution >= 4 is 5.91 Å². The van der Waals surface area contributed by atoms with Crippen LogP contribution in [0.1, 0.15) is 36.8 Å². The number of carbonyl (C=O) groups is 1. The van der Waals surface area contributed by atoms with E-state index in [9.17, 15) is 18.0 Å². The smallest absolute Gasteiger partial charge is 0.496 e. The van der Waals surface area contributed by atoms with Crippen molar-refractivity contribution in [1.29, 1.82) is 0 Å². The van der Waals surface area contributed by atoms with Gasteiger partial charge in [0.2, 0.25) is 0 Å². The summed E-state index contributed by atoms with van der Waals surface area (Å²) in [5.41, 5.74) is 1.89. The molecular weight excluding hydrogens is 425 g/mol. The first kappa shape index (κ1) is 23.1. The van der Waals surface area contributed by atoms with Crippen molar-refractivity contribution in [2.75, 3.05) is 7.11 Å². The summed E-state index contributed by atoms with van der Waals surface area (Å²) in [6, 6.07) is 7.04. The third-order valence-electron chi connectivity index (χ3n) is 4.52. The summed E-state index contributed by atoms with van der Waals surface area (Å²) in [5, 5.41) is 7.01. The van der Waals surface area contributed by atoms with Gasteiger partial charge in [-0.2, -0.15) is 5.10 Å². The molecule has 2 heterocycles. The SMILES string of the molecule is COc1ccc(OC(F)(F)F)cc1CNC(=O)c1cc(-c2cnn(C(C)(C)C)c2)ccn1. The van der Waals surface area contributed by atoms with Crippen molar-refractivity contribution in [2.45, 2.75) is 39.2 Å². The molecule has 0 aliphatic heterocycles. The molecule has 3 aromatic rings. The summed E-state index contributed by atoms with van der Waals surface area (Å²) < 4.78 is 48.4. The Morgan fingerprint density at radius 3 is 2.50 bits per heavy atom. The summed E-state index contributed by atoms with van der Waals surface area (Å²) >= 11 is 0. The van der Waals surface area contributed by atoms with Gasteiger partial charge in [0.1, 0.15) is 17.2 Å². The molecule has 1 aromatic carbocycles. The highest BCUT2D eigenvalue weighted by molar-refractivity contribution is 5.93. The quantitative estimate of drug-likeness (QED) is 0.599. The first-order valence-electron chi connectivity index (χ1n) is 9.69. The molecule has 0 atom stereocenters. The van der Waals surface area contributed by atoms with Crippen LogP contribution in [0.25, 0.3) is 11.1 Å². The molecule has 0 fully saturated rings. The van der Waals surface area contributed by atoms with E-state index in [0.717, 1.165) is 23.3 Å². The Hall–Kier alpha value is -3.56. The number of benzene rings is 1. The van der Waals surface area contributed by atoms with Gasteiger partial charge < -0.3 is 14.8 Å². The van der Waals surface area contributed by atoms with Crippen molar-refractivity contribution in [2.24, 2.45) is 0 Å². The Morgan fingerprint density at radius 2 is 1.88 bits per heavy atom. The number of hydrogen-bond acceptors (Lipinski definition) is 5. The van der Waals surface area contributed by atoms with Crippen LogP contribution in [0.3, 0.4) is 0 Å². The normalized spacial score (nSPS) is 11.8. The van der Waals surface area contributed by atoms with Crippen molar-refractivity contribution in [1.82, 2.24) is 20.1 Å². The maximum absolute atomic E-state index is 12.6. The molecule has 0 radical (unpaired) electrons. The van der Waals surface area contributed by atoms with Crippen LogP contribution < -0.4 is 14.8 Å². The summed E-state index contributed by atoms with van der Waals surface area (Å²) in [7, 11) is 1.38. The molecule has 10 heteroatoms. The summed E-state index contributed by atoms with van der Waals surface area (Å²) in [4.78, 5) is 16.7. The summed E-state index contributed by atoms with van der Waals surface area (Å²) in [6.07, 6.45) is 0.282. The van der Waals surface area contributed by atoms with Crippen molar-refractivity contribution in [3.05, 3.63) is 60.2 Å².